The summed E-state index contributed by atoms with van der Waals surface area (Å²) in [4.78, 5) is 2.76. The zero-order valence-electron chi connectivity index (χ0n) is 10.9. The summed E-state index contributed by atoms with van der Waals surface area (Å²) in [6.45, 7) is 7.43. The molecular formula is C14H28N2. The molecule has 0 aromatic carbocycles. The molecule has 2 heteroatoms. The van der Waals surface area contributed by atoms with Crippen LogP contribution in [0, 0.1) is 5.92 Å². The number of piperidine rings is 1. The standard InChI is InChI=1S/C14H28N2/c1-2-16(14-8-4-3-5-9-14)12-13-7-6-10-15-11-13/h13-15H,2-12H2,1H3. The smallest absolute Gasteiger partial charge is 0.00952 e. The number of hydrogen-bond donors (Lipinski definition) is 1. The lowest BCUT2D eigenvalue weighted by molar-refractivity contribution is 0.131. The Morgan fingerprint density at radius 3 is 2.50 bits per heavy atom. The van der Waals surface area contributed by atoms with Gasteiger partial charge in [0.15, 0.2) is 0 Å². The molecule has 0 aromatic rings. The Hall–Kier alpha value is -0.0800. The summed E-state index contributed by atoms with van der Waals surface area (Å²) in [6.07, 6.45) is 10.1. The first-order valence-electron chi connectivity index (χ1n) is 7.35. The molecule has 0 aromatic heterocycles. The lowest BCUT2D eigenvalue weighted by atomic mass is 9.92. The first kappa shape index (κ1) is 12.4. The van der Waals surface area contributed by atoms with E-state index in [0.29, 0.717) is 0 Å². The topological polar surface area (TPSA) is 15.3 Å². The van der Waals surface area contributed by atoms with Crippen LogP contribution in [-0.2, 0) is 0 Å². The molecule has 1 unspecified atom stereocenters. The Morgan fingerprint density at radius 1 is 1.06 bits per heavy atom. The summed E-state index contributed by atoms with van der Waals surface area (Å²) in [5.74, 6) is 0.913. The Kier molecular flexibility index (Phi) is 5.11. The van der Waals surface area contributed by atoms with Gasteiger partial charge in [0.2, 0.25) is 0 Å². The molecule has 1 saturated heterocycles. The van der Waals surface area contributed by atoms with Gasteiger partial charge in [-0.05, 0) is 51.2 Å². The van der Waals surface area contributed by atoms with Crippen molar-refractivity contribution in [2.45, 2.75) is 57.9 Å². The highest BCUT2D eigenvalue weighted by molar-refractivity contribution is 4.79. The zero-order valence-corrected chi connectivity index (χ0v) is 10.9. The number of hydrogen-bond acceptors (Lipinski definition) is 2. The van der Waals surface area contributed by atoms with E-state index in [1.54, 1.807) is 0 Å². The predicted octanol–water partition coefficient (Wildman–Crippen LogP) is 2.64. The quantitative estimate of drug-likeness (QED) is 0.790. The molecule has 1 aliphatic heterocycles. The van der Waals surface area contributed by atoms with Crippen molar-refractivity contribution in [2.24, 2.45) is 5.92 Å². The molecule has 1 saturated carbocycles. The largest absolute Gasteiger partial charge is 0.316 e. The molecule has 2 rings (SSSR count). The van der Waals surface area contributed by atoms with Crippen molar-refractivity contribution in [2.75, 3.05) is 26.2 Å². The van der Waals surface area contributed by atoms with Crippen molar-refractivity contribution >= 4 is 0 Å². The average molecular weight is 224 g/mol. The minimum Gasteiger partial charge on any atom is -0.316 e. The molecule has 0 spiro atoms. The third-order valence-corrected chi connectivity index (χ3v) is 4.39. The molecule has 94 valence electrons. The summed E-state index contributed by atoms with van der Waals surface area (Å²) in [7, 11) is 0. The predicted molar refractivity (Wildman–Crippen MR) is 69.7 cm³/mol. The van der Waals surface area contributed by atoms with Gasteiger partial charge in [0, 0.05) is 12.6 Å². The minimum atomic E-state index is 0.903. The first-order valence-corrected chi connectivity index (χ1v) is 7.35. The Labute approximate surface area is 101 Å². The second-order valence-corrected chi connectivity index (χ2v) is 5.59. The van der Waals surface area contributed by atoms with Gasteiger partial charge in [-0.3, -0.25) is 0 Å². The van der Waals surface area contributed by atoms with Gasteiger partial charge in [0.05, 0.1) is 0 Å². The molecule has 2 fully saturated rings. The summed E-state index contributed by atoms with van der Waals surface area (Å²) in [5, 5.41) is 3.54. The summed E-state index contributed by atoms with van der Waals surface area (Å²) >= 11 is 0. The Balaban J connectivity index is 1.78. The van der Waals surface area contributed by atoms with Crippen LogP contribution in [0.2, 0.25) is 0 Å². The highest BCUT2D eigenvalue weighted by atomic mass is 15.2. The maximum Gasteiger partial charge on any atom is 0.00952 e. The van der Waals surface area contributed by atoms with Gasteiger partial charge in [-0.15, -0.1) is 0 Å². The number of nitrogens with one attached hydrogen (secondary N) is 1. The Bertz CT molecular complexity index is 181. The summed E-state index contributed by atoms with van der Waals surface area (Å²) in [6, 6.07) is 0.903. The van der Waals surface area contributed by atoms with Crippen molar-refractivity contribution in [3.05, 3.63) is 0 Å². The maximum absolute atomic E-state index is 3.54. The lowest BCUT2D eigenvalue weighted by Crippen LogP contribution is -2.43. The molecule has 0 radical (unpaired) electrons. The van der Waals surface area contributed by atoms with Crippen molar-refractivity contribution in [1.29, 1.82) is 0 Å². The fourth-order valence-electron chi connectivity index (χ4n) is 3.39. The highest BCUT2D eigenvalue weighted by Gasteiger charge is 2.23. The van der Waals surface area contributed by atoms with E-state index in [1.165, 1.54) is 71.1 Å². The van der Waals surface area contributed by atoms with Crippen LogP contribution in [0.5, 0.6) is 0 Å². The van der Waals surface area contributed by atoms with Gasteiger partial charge in [-0.1, -0.05) is 26.2 Å². The van der Waals surface area contributed by atoms with Crippen LogP contribution in [0.15, 0.2) is 0 Å². The van der Waals surface area contributed by atoms with E-state index in [9.17, 15) is 0 Å². The van der Waals surface area contributed by atoms with Gasteiger partial charge < -0.3 is 10.2 Å². The molecule has 1 heterocycles. The molecule has 0 amide bonds. The van der Waals surface area contributed by atoms with Crippen molar-refractivity contribution in [1.82, 2.24) is 10.2 Å². The van der Waals surface area contributed by atoms with Crippen LogP contribution in [0.25, 0.3) is 0 Å². The van der Waals surface area contributed by atoms with Crippen LogP contribution in [0.1, 0.15) is 51.9 Å². The molecule has 1 aliphatic carbocycles. The van der Waals surface area contributed by atoms with Gasteiger partial charge in [0.1, 0.15) is 0 Å². The van der Waals surface area contributed by atoms with E-state index in [1.807, 2.05) is 0 Å². The molecule has 2 nitrogen and oxygen atoms in total. The maximum atomic E-state index is 3.54. The molecule has 2 aliphatic rings. The van der Waals surface area contributed by atoms with Crippen LogP contribution >= 0.6 is 0 Å². The van der Waals surface area contributed by atoms with Crippen molar-refractivity contribution < 1.29 is 0 Å². The molecule has 0 bridgehead atoms. The monoisotopic (exact) mass is 224 g/mol. The van der Waals surface area contributed by atoms with Gasteiger partial charge in [0.25, 0.3) is 0 Å². The van der Waals surface area contributed by atoms with Gasteiger partial charge in [-0.2, -0.15) is 0 Å². The van der Waals surface area contributed by atoms with Crippen LogP contribution in [-0.4, -0.2) is 37.1 Å². The van der Waals surface area contributed by atoms with E-state index in [-0.39, 0.29) is 0 Å². The van der Waals surface area contributed by atoms with Gasteiger partial charge in [-0.25, -0.2) is 0 Å². The average Bonchev–Trinajstić information content (AvgIpc) is 2.38. The SMILES string of the molecule is CCN(CC1CCCNC1)C1CCCCC1. The minimum absolute atomic E-state index is 0.903. The normalized spacial score (nSPS) is 28.5. The van der Waals surface area contributed by atoms with Crippen LogP contribution in [0.3, 0.4) is 0 Å². The fraction of sp³-hybridized carbons (Fsp3) is 1.00. The van der Waals surface area contributed by atoms with E-state index < -0.39 is 0 Å². The second-order valence-electron chi connectivity index (χ2n) is 5.59. The number of rotatable bonds is 4. The van der Waals surface area contributed by atoms with Crippen molar-refractivity contribution in [3.8, 4) is 0 Å². The van der Waals surface area contributed by atoms with Gasteiger partial charge >= 0.3 is 0 Å². The lowest BCUT2D eigenvalue weighted by Gasteiger charge is -2.37. The van der Waals surface area contributed by atoms with E-state index in [2.05, 4.69) is 17.1 Å². The molecule has 1 N–H and O–H groups in total. The van der Waals surface area contributed by atoms with Crippen molar-refractivity contribution in [3.63, 3.8) is 0 Å². The zero-order chi connectivity index (χ0) is 11.2. The Morgan fingerprint density at radius 2 is 1.88 bits per heavy atom. The third kappa shape index (κ3) is 3.46. The van der Waals surface area contributed by atoms with Crippen LogP contribution < -0.4 is 5.32 Å². The van der Waals surface area contributed by atoms with E-state index >= 15 is 0 Å². The molecule has 16 heavy (non-hydrogen) atoms. The highest BCUT2D eigenvalue weighted by Crippen LogP contribution is 2.24. The molecule has 1 atom stereocenters. The van der Waals surface area contributed by atoms with E-state index in [0.717, 1.165) is 12.0 Å². The first-order chi connectivity index (χ1) is 7.90. The summed E-state index contributed by atoms with van der Waals surface area (Å²) in [5.41, 5.74) is 0. The third-order valence-electron chi connectivity index (χ3n) is 4.39. The van der Waals surface area contributed by atoms with E-state index in [4.69, 9.17) is 0 Å². The number of nitrogens with zero attached hydrogens (tertiary/aromatic N) is 1. The fourth-order valence-corrected chi connectivity index (χ4v) is 3.39. The second kappa shape index (κ2) is 6.61. The van der Waals surface area contributed by atoms with Crippen LogP contribution in [0.4, 0.5) is 0 Å². The summed E-state index contributed by atoms with van der Waals surface area (Å²) < 4.78 is 0. The molecular weight excluding hydrogens is 196 g/mol.